The van der Waals surface area contributed by atoms with Gasteiger partial charge in [0.15, 0.2) is 5.58 Å². The van der Waals surface area contributed by atoms with E-state index in [1.54, 1.807) is 6.07 Å². The molecule has 2 amide bonds. The van der Waals surface area contributed by atoms with Crippen molar-refractivity contribution >= 4 is 22.9 Å². The summed E-state index contributed by atoms with van der Waals surface area (Å²) in [5.41, 5.74) is 12.8. The Hall–Kier alpha value is -3.80. The Balaban J connectivity index is 1.36. The van der Waals surface area contributed by atoms with Crippen molar-refractivity contribution in [3.8, 4) is 11.3 Å². The number of nitrogens with zero attached hydrogens (tertiary/aromatic N) is 2. The minimum absolute atomic E-state index is 0.0158. The molecule has 0 fully saturated rings. The van der Waals surface area contributed by atoms with Crippen LogP contribution in [-0.4, -0.2) is 34.4 Å². The molecule has 3 heterocycles. The minimum atomic E-state index is -0.430. The van der Waals surface area contributed by atoms with Crippen molar-refractivity contribution in [1.82, 2.24) is 9.47 Å². The number of benzene rings is 2. The number of carbonyl (C=O) groups is 2. The maximum Gasteiger partial charge on any atom is 0.270 e. The molecule has 0 atom stereocenters. The average molecular weight is 470 g/mol. The molecule has 0 saturated carbocycles. The molecule has 2 aromatic heterocycles. The van der Waals surface area contributed by atoms with Gasteiger partial charge in [-0.25, -0.2) is 0 Å². The number of amides is 2. The number of primary amides is 1. The van der Waals surface area contributed by atoms with Crippen LogP contribution in [0.4, 0.5) is 0 Å². The molecule has 35 heavy (non-hydrogen) atoms. The van der Waals surface area contributed by atoms with Crippen LogP contribution in [-0.2, 0) is 25.3 Å². The van der Waals surface area contributed by atoms with E-state index < -0.39 is 5.91 Å². The van der Waals surface area contributed by atoms with Crippen molar-refractivity contribution in [3.63, 3.8) is 0 Å². The smallest absolute Gasteiger partial charge is 0.270 e. The summed E-state index contributed by atoms with van der Waals surface area (Å²) in [6.45, 7) is 7.81. The second-order valence-corrected chi connectivity index (χ2v) is 10.4. The normalized spacial score (nSPS) is 14.1. The average Bonchev–Trinajstić information content (AvgIpc) is 3.29. The van der Waals surface area contributed by atoms with Crippen LogP contribution in [0.2, 0.25) is 0 Å². The topological polar surface area (TPSA) is 81.5 Å². The Bertz CT molecular complexity index is 1430. The number of rotatable bonds is 3. The van der Waals surface area contributed by atoms with Crippen LogP contribution in [0.1, 0.15) is 58.3 Å². The number of hydrogen-bond acceptors (Lipinski definition) is 3. The van der Waals surface area contributed by atoms with E-state index in [4.69, 9.17) is 10.2 Å². The molecule has 180 valence electrons. The summed E-state index contributed by atoms with van der Waals surface area (Å²) in [6, 6.07) is 17.9. The number of fused-ring (bicyclic) bond motifs is 2. The third-order valence-electron chi connectivity index (χ3n) is 7.07. The number of hydrogen-bond donors (Lipinski definition) is 1. The van der Waals surface area contributed by atoms with Crippen LogP contribution in [0.25, 0.3) is 22.4 Å². The van der Waals surface area contributed by atoms with E-state index in [0.717, 1.165) is 34.4 Å². The van der Waals surface area contributed by atoms with Gasteiger partial charge in [0.1, 0.15) is 11.5 Å². The monoisotopic (exact) mass is 469 g/mol. The standard InChI is InChI=1S/C29H31N3O3/c1-29(2,3)22-9-7-19(8-10-22)25-16-23-26(35-25)17-24(31(23)4)28(34)32-13-11-18-5-6-21(27(30)33)15-20(18)12-14-32/h5-10,15-17H,11-14H2,1-4H3,(H2,30,33). The number of aryl methyl sites for hydroxylation is 1. The number of aromatic nitrogens is 1. The zero-order chi connectivity index (χ0) is 24.9. The van der Waals surface area contributed by atoms with Crippen molar-refractivity contribution in [2.24, 2.45) is 12.8 Å². The Morgan fingerprint density at radius 3 is 2.23 bits per heavy atom. The Labute approximate surface area is 205 Å². The Morgan fingerprint density at radius 2 is 1.60 bits per heavy atom. The van der Waals surface area contributed by atoms with Gasteiger partial charge in [0.25, 0.3) is 5.91 Å². The van der Waals surface area contributed by atoms with Gasteiger partial charge in [-0.15, -0.1) is 0 Å². The van der Waals surface area contributed by atoms with Crippen LogP contribution >= 0.6 is 0 Å². The van der Waals surface area contributed by atoms with Gasteiger partial charge in [-0.05, 0) is 47.1 Å². The maximum atomic E-state index is 13.4. The second kappa shape index (κ2) is 8.45. The van der Waals surface area contributed by atoms with Gasteiger partial charge in [-0.2, -0.15) is 0 Å². The first-order valence-corrected chi connectivity index (χ1v) is 12.0. The van der Waals surface area contributed by atoms with Gasteiger partial charge in [0.2, 0.25) is 5.91 Å². The molecule has 0 saturated heterocycles. The molecule has 2 N–H and O–H groups in total. The van der Waals surface area contributed by atoms with E-state index in [1.165, 1.54) is 5.56 Å². The minimum Gasteiger partial charge on any atom is -0.454 e. The second-order valence-electron chi connectivity index (χ2n) is 10.4. The van der Waals surface area contributed by atoms with E-state index in [-0.39, 0.29) is 11.3 Å². The van der Waals surface area contributed by atoms with E-state index >= 15 is 0 Å². The third kappa shape index (κ3) is 4.25. The summed E-state index contributed by atoms with van der Waals surface area (Å²) >= 11 is 0. The lowest BCUT2D eigenvalue weighted by Crippen LogP contribution is -2.34. The van der Waals surface area contributed by atoms with Gasteiger partial charge in [-0.1, -0.05) is 51.1 Å². The summed E-state index contributed by atoms with van der Waals surface area (Å²) in [5.74, 6) is 0.347. The first-order chi connectivity index (χ1) is 16.6. The molecule has 1 aliphatic heterocycles. The molecule has 0 unspecified atom stereocenters. The van der Waals surface area contributed by atoms with E-state index in [2.05, 4.69) is 45.0 Å². The fraction of sp³-hybridized carbons (Fsp3) is 0.310. The molecule has 0 spiro atoms. The lowest BCUT2D eigenvalue weighted by atomic mass is 9.86. The first-order valence-electron chi connectivity index (χ1n) is 12.0. The SMILES string of the molecule is Cn1c(C(=O)N2CCc3ccc(C(N)=O)cc3CC2)cc2oc(-c3ccc(C(C)(C)C)cc3)cc21. The largest absolute Gasteiger partial charge is 0.454 e. The van der Waals surface area contributed by atoms with E-state index in [9.17, 15) is 9.59 Å². The van der Waals surface area contributed by atoms with Crippen molar-refractivity contribution < 1.29 is 14.0 Å². The van der Waals surface area contributed by atoms with Crippen molar-refractivity contribution in [2.45, 2.75) is 39.0 Å². The summed E-state index contributed by atoms with van der Waals surface area (Å²) in [4.78, 5) is 26.9. The maximum absolute atomic E-state index is 13.4. The summed E-state index contributed by atoms with van der Waals surface area (Å²) in [5, 5.41) is 0. The predicted molar refractivity (Wildman–Crippen MR) is 138 cm³/mol. The highest BCUT2D eigenvalue weighted by Gasteiger charge is 2.25. The molecule has 4 aromatic rings. The molecule has 6 heteroatoms. The van der Waals surface area contributed by atoms with Gasteiger partial charge in [0.05, 0.1) is 5.52 Å². The molecule has 1 aliphatic rings. The predicted octanol–water partition coefficient (Wildman–Crippen LogP) is 5.08. The van der Waals surface area contributed by atoms with Crippen LogP contribution < -0.4 is 5.73 Å². The molecule has 2 aromatic carbocycles. The highest BCUT2D eigenvalue weighted by molar-refractivity contribution is 5.98. The summed E-state index contributed by atoms with van der Waals surface area (Å²) in [6.07, 6.45) is 1.44. The molecule has 5 rings (SSSR count). The molecule has 0 bridgehead atoms. The number of carbonyl (C=O) groups excluding carboxylic acids is 2. The molecule has 0 aliphatic carbocycles. The fourth-order valence-electron chi connectivity index (χ4n) is 4.84. The summed E-state index contributed by atoms with van der Waals surface area (Å²) in [7, 11) is 1.91. The quantitative estimate of drug-likeness (QED) is 0.455. The van der Waals surface area contributed by atoms with E-state index in [0.29, 0.717) is 36.4 Å². The molecule has 0 radical (unpaired) electrons. The molecular weight excluding hydrogens is 438 g/mol. The van der Waals surface area contributed by atoms with Crippen molar-refractivity contribution in [3.05, 3.63) is 82.5 Å². The van der Waals surface area contributed by atoms with Crippen LogP contribution in [0.3, 0.4) is 0 Å². The van der Waals surface area contributed by atoms with Crippen LogP contribution in [0.5, 0.6) is 0 Å². The Morgan fingerprint density at radius 1 is 0.914 bits per heavy atom. The molecular formula is C29H31N3O3. The third-order valence-corrected chi connectivity index (χ3v) is 7.07. The van der Waals surface area contributed by atoms with Gasteiger partial charge >= 0.3 is 0 Å². The van der Waals surface area contributed by atoms with E-state index in [1.807, 2.05) is 40.8 Å². The lowest BCUT2D eigenvalue weighted by Gasteiger charge is -2.20. The number of furan rings is 1. The van der Waals surface area contributed by atoms with Crippen molar-refractivity contribution in [1.29, 1.82) is 0 Å². The highest BCUT2D eigenvalue weighted by atomic mass is 16.3. The zero-order valence-corrected chi connectivity index (χ0v) is 20.7. The highest BCUT2D eigenvalue weighted by Crippen LogP contribution is 2.32. The molecule has 6 nitrogen and oxygen atoms in total. The van der Waals surface area contributed by atoms with Crippen LogP contribution in [0.15, 0.2) is 59.0 Å². The lowest BCUT2D eigenvalue weighted by molar-refractivity contribution is 0.0753. The van der Waals surface area contributed by atoms with Gasteiger partial charge in [0, 0.05) is 43.4 Å². The first kappa shape index (κ1) is 23.0. The Kier molecular flexibility index (Phi) is 5.55. The number of nitrogens with two attached hydrogens (primary N) is 1. The zero-order valence-electron chi connectivity index (χ0n) is 20.7. The summed E-state index contributed by atoms with van der Waals surface area (Å²) < 4.78 is 8.07. The van der Waals surface area contributed by atoms with Gasteiger partial charge < -0.3 is 19.6 Å². The van der Waals surface area contributed by atoms with Crippen LogP contribution in [0, 0.1) is 0 Å². The fourth-order valence-corrected chi connectivity index (χ4v) is 4.84. The van der Waals surface area contributed by atoms with Gasteiger partial charge in [-0.3, -0.25) is 9.59 Å². The van der Waals surface area contributed by atoms with Crippen molar-refractivity contribution in [2.75, 3.05) is 13.1 Å².